The predicted molar refractivity (Wildman–Crippen MR) is 93.8 cm³/mol. The van der Waals surface area contributed by atoms with E-state index in [9.17, 15) is 14.4 Å². The summed E-state index contributed by atoms with van der Waals surface area (Å²) < 4.78 is 16.4. The zero-order chi connectivity index (χ0) is 20.1. The van der Waals surface area contributed by atoms with Gasteiger partial charge >= 0.3 is 0 Å². The minimum Gasteiger partial charge on any atom is -0.493 e. The number of benzene rings is 1. The standard InChI is InChI=1S/C15H24N6O6/c16-19-13(22)1-4-25-10-7-11(26-5-2-14(23)20-17)9-12(8-10)27-6-3-15(24)21-18/h7-9H,1-6,16-18H2,(H,19,22)(H,20,23)(H,21,24). The van der Waals surface area contributed by atoms with Gasteiger partial charge in [0.2, 0.25) is 17.7 Å². The summed E-state index contributed by atoms with van der Waals surface area (Å²) in [5.41, 5.74) is 5.99. The lowest BCUT2D eigenvalue weighted by molar-refractivity contribution is -0.122. The monoisotopic (exact) mass is 384 g/mol. The van der Waals surface area contributed by atoms with Gasteiger partial charge in [-0.3, -0.25) is 30.7 Å². The molecule has 150 valence electrons. The van der Waals surface area contributed by atoms with E-state index in [1.807, 2.05) is 16.3 Å². The summed E-state index contributed by atoms with van der Waals surface area (Å²) in [6, 6.07) is 4.71. The Morgan fingerprint density at radius 1 is 0.630 bits per heavy atom. The second kappa shape index (κ2) is 12.3. The van der Waals surface area contributed by atoms with Crippen molar-refractivity contribution in [3.8, 4) is 17.2 Å². The molecule has 1 aromatic carbocycles. The van der Waals surface area contributed by atoms with Crippen LogP contribution in [0.3, 0.4) is 0 Å². The van der Waals surface area contributed by atoms with Gasteiger partial charge in [0, 0.05) is 18.2 Å². The lowest BCUT2D eigenvalue weighted by atomic mass is 10.3. The third-order valence-corrected chi connectivity index (χ3v) is 3.13. The topological polar surface area (TPSA) is 193 Å². The highest BCUT2D eigenvalue weighted by atomic mass is 16.5. The molecule has 0 aliphatic carbocycles. The van der Waals surface area contributed by atoms with Crippen molar-refractivity contribution in [1.82, 2.24) is 16.3 Å². The fraction of sp³-hybridized carbons (Fsp3) is 0.400. The van der Waals surface area contributed by atoms with Crippen LogP contribution in [0.5, 0.6) is 17.2 Å². The average Bonchev–Trinajstić information content (AvgIpc) is 2.67. The van der Waals surface area contributed by atoms with Gasteiger partial charge in [-0.2, -0.15) is 0 Å². The Kier molecular flexibility index (Phi) is 10.00. The molecule has 0 unspecified atom stereocenters. The molecular formula is C15H24N6O6. The SMILES string of the molecule is NNC(=O)CCOc1cc(OCCC(=O)NN)cc(OCCC(=O)NN)c1. The van der Waals surface area contributed by atoms with Gasteiger partial charge in [0.05, 0.1) is 39.1 Å². The van der Waals surface area contributed by atoms with Crippen molar-refractivity contribution >= 4 is 17.7 Å². The molecule has 27 heavy (non-hydrogen) atoms. The van der Waals surface area contributed by atoms with Crippen LogP contribution in [0.25, 0.3) is 0 Å². The van der Waals surface area contributed by atoms with Gasteiger partial charge in [-0.1, -0.05) is 0 Å². The molecule has 0 saturated heterocycles. The fourth-order valence-corrected chi connectivity index (χ4v) is 1.80. The first-order valence-corrected chi connectivity index (χ1v) is 8.00. The molecule has 1 rings (SSSR count). The van der Waals surface area contributed by atoms with Crippen LogP contribution in [0.2, 0.25) is 0 Å². The number of hydrazine groups is 3. The summed E-state index contributed by atoms with van der Waals surface area (Å²) >= 11 is 0. The predicted octanol–water partition coefficient (Wildman–Crippen LogP) is -2.04. The van der Waals surface area contributed by atoms with Crippen LogP contribution >= 0.6 is 0 Å². The second-order valence-corrected chi connectivity index (χ2v) is 5.14. The minimum atomic E-state index is -0.375. The van der Waals surface area contributed by atoms with E-state index in [0.717, 1.165) is 0 Å². The molecule has 3 amide bonds. The Morgan fingerprint density at radius 2 is 0.889 bits per heavy atom. The molecule has 0 spiro atoms. The molecule has 1 aromatic rings. The lowest BCUT2D eigenvalue weighted by Gasteiger charge is -2.13. The number of carbonyl (C=O) groups is 3. The lowest BCUT2D eigenvalue weighted by Crippen LogP contribution is -2.31. The largest absolute Gasteiger partial charge is 0.493 e. The Balaban J connectivity index is 2.72. The maximum absolute atomic E-state index is 11.1. The molecule has 9 N–H and O–H groups in total. The summed E-state index contributed by atoms with van der Waals surface area (Å²) in [4.78, 5) is 33.4. The first kappa shape index (κ1) is 22.0. The van der Waals surface area contributed by atoms with Crippen LogP contribution in [0.15, 0.2) is 18.2 Å². The maximum Gasteiger partial charge on any atom is 0.237 e. The maximum atomic E-state index is 11.1. The highest BCUT2D eigenvalue weighted by molar-refractivity contribution is 5.76. The summed E-state index contributed by atoms with van der Waals surface area (Å²) in [6.45, 7) is 0.241. The molecule has 0 radical (unpaired) electrons. The van der Waals surface area contributed by atoms with Gasteiger partial charge in [-0.25, -0.2) is 17.5 Å². The average molecular weight is 384 g/mol. The van der Waals surface area contributed by atoms with Crippen molar-refractivity contribution in [2.24, 2.45) is 17.5 Å². The summed E-state index contributed by atoms with van der Waals surface area (Å²) in [5.74, 6) is 15.0. The number of hydrogen-bond donors (Lipinski definition) is 6. The minimum absolute atomic E-state index is 0.0606. The summed E-state index contributed by atoms with van der Waals surface area (Å²) in [6.07, 6.45) is 0.182. The number of ether oxygens (including phenoxy) is 3. The van der Waals surface area contributed by atoms with Crippen LogP contribution in [0.4, 0.5) is 0 Å². The van der Waals surface area contributed by atoms with Crippen LogP contribution in [-0.4, -0.2) is 37.5 Å². The van der Waals surface area contributed by atoms with Gasteiger partial charge in [0.25, 0.3) is 0 Å². The Hall–Kier alpha value is -3.09. The molecule has 0 aromatic heterocycles. The van der Waals surface area contributed by atoms with Crippen molar-refractivity contribution in [3.05, 3.63) is 18.2 Å². The van der Waals surface area contributed by atoms with Gasteiger partial charge in [-0.15, -0.1) is 0 Å². The zero-order valence-corrected chi connectivity index (χ0v) is 14.7. The summed E-state index contributed by atoms with van der Waals surface area (Å²) in [7, 11) is 0. The van der Waals surface area contributed by atoms with Crippen LogP contribution in [0.1, 0.15) is 19.3 Å². The van der Waals surface area contributed by atoms with Crippen LogP contribution in [0, 0.1) is 0 Å². The highest BCUT2D eigenvalue weighted by Gasteiger charge is 2.08. The molecule has 0 aliphatic rings. The van der Waals surface area contributed by atoms with E-state index in [-0.39, 0.29) is 56.8 Å². The molecule has 0 saturated carbocycles. The number of amides is 3. The van der Waals surface area contributed by atoms with E-state index in [0.29, 0.717) is 17.2 Å². The van der Waals surface area contributed by atoms with E-state index in [4.69, 9.17) is 31.7 Å². The first-order chi connectivity index (χ1) is 13.0. The Bertz CT molecular complexity index is 543. The van der Waals surface area contributed by atoms with Gasteiger partial charge in [0.1, 0.15) is 17.2 Å². The second-order valence-electron chi connectivity index (χ2n) is 5.14. The van der Waals surface area contributed by atoms with Gasteiger partial charge in [-0.05, 0) is 0 Å². The highest BCUT2D eigenvalue weighted by Crippen LogP contribution is 2.28. The van der Waals surface area contributed by atoms with E-state index in [1.54, 1.807) is 18.2 Å². The molecule has 0 atom stereocenters. The molecule has 0 fully saturated rings. The van der Waals surface area contributed by atoms with Gasteiger partial charge in [0.15, 0.2) is 0 Å². The van der Waals surface area contributed by atoms with Crippen molar-refractivity contribution < 1.29 is 28.6 Å². The number of nitrogens with two attached hydrogens (primary N) is 3. The quantitative estimate of drug-likeness (QED) is 0.134. The van der Waals surface area contributed by atoms with Crippen LogP contribution in [-0.2, 0) is 14.4 Å². The van der Waals surface area contributed by atoms with Crippen molar-refractivity contribution in [2.75, 3.05) is 19.8 Å². The molecule has 12 heteroatoms. The Morgan fingerprint density at radius 3 is 1.11 bits per heavy atom. The normalized spacial score (nSPS) is 9.89. The summed E-state index contributed by atoms with van der Waals surface area (Å²) in [5, 5.41) is 0. The smallest absolute Gasteiger partial charge is 0.237 e. The number of rotatable bonds is 12. The first-order valence-electron chi connectivity index (χ1n) is 8.00. The number of carbonyl (C=O) groups excluding carboxylic acids is 3. The molecule has 0 heterocycles. The fourth-order valence-electron chi connectivity index (χ4n) is 1.80. The molecule has 0 aliphatic heterocycles. The van der Waals surface area contributed by atoms with E-state index in [1.165, 1.54) is 0 Å². The van der Waals surface area contributed by atoms with Crippen molar-refractivity contribution in [3.63, 3.8) is 0 Å². The number of hydrogen-bond acceptors (Lipinski definition) is 9. The van der Waals surface area contributed by atoms with Crippen molar-refractivity contribution in [1.29, 1.82) is 0 Å². The third-order valence-electron chi connectivity index (χ3n) is 3.13. The zero-order valence-electron chi connectivity index (χ0n) is 14.7. The van der Waals surface area contributed by atoms with Crippen molar-refractivity contribution in [2.45, 2.75) is 19.3 Å². The molecule has 12 nitrogen and oxygen atoms in total. The third kappa shape index (κ3) is 9.25. The molecule has 0 bridgehead atoms. The number of nitrogens with one attached hydrogen (secondary N) is 3. The van der Waals surface area contributed by atoms with E-state index < -0.39 is 0 Å². The Labute approximate surface area is 155 Å². The van der Waals surface area contributed by atoms with E-state index >= 15 is 0 Å². The van der Waals surface area contributed by atoms with E-state index in [2.05, 4.69) is 0 Å². The van der Waals surface area contributed by atoms with Gasteiger partial charge < -0.3 is 14.2 Å². The van der Waals surface area contributed by atoms with Crippen LogP contribution < -0.4 is 48.0 Å². The molecular weight excluding hydrogens is 360 g/mol.